The van der Waals surface area contributed by atoms with Crippen molar-refractivity contribution >= 4 is 33.4 Å². The highest BCUT2D eigenvalue weighted by atomic mass is 16.7. The van der Waals surface area contributed by atoms with Gasteiger partial charge in [0.15, 0.2) is 6.29 Å². The summed E-state index contributed by atoms with van der Waals surface area (Å²) in [4.78, 5) is 14.4. The quantitative estimate of drug-likeness (QED) is 0.398. The van der Waals surface area contributed by atoms with Crippen molar-refractivity contribution < 1.29 is 14.3 Å². The van der Waals surface area contributed by atoms with Crippen LogP contribution < -0.4 is 4.90 Å². The molecule has 3 aromatic carbocycles. The molecular formula is C28H28N2O3. The van der Waals surface area contributed by atoms with Crippen LogP contribution in [0.3, 0.4) is 0 Å². The number of carbonyl (C=O) groups excluding carboxylic acids is 1. The molecule has 0 saturated carbocycles. The van der Waals surface area contributed by atoms with Crippen molar-refractivity contribution in [3.8, 4) is 11.1 Å². The van der Waals surface area contributed by atoms with Gasteiger partial charge in [0.25, 0.3) is 0 Å². The zero-order valence-corrected chi connectivity index (χ0v) is 19.1. The summed E-state index contributed by atoms with van der Waals surface area (Å²) < 4.78 is 14.5. The van der Waals surface area contributed by atoms with Crippen molar-refractivity contribution in [2.24, 2.45) is 7.05 Å². The van der Waals surface area contributed by atoms with Crippen LogP contribution in [-0.4, -0.2) is 23.4 Å². The number of fused-ring (bicyclic) bond motifs is 6. The second-order valence-electron chi connectivity index (χ2n) is 9.09. The van der Waals surface area contributed by atoms with E-state index in [1.807, 2.05) is 23.1 Å². The Morgan fingerprint density at radius 3 is 2.73 bits per heavy atom. The number of aryl methyl sites for hydroxylation is 1. The monoisotopic (exact) mass is 440 g/mol. The van der Waals surface area contributed by atoms with Crippen LogP contribution in [-0.2, 0) is 34.5 Å². The molecule has 168 valence electrons. The predicted molar refractivity (Wildman–Crippen MR) is 131 cm³/mol. The molecule has 6 rings (SSSR count). The molecule has 2 aliphatic heterocycles. The summed E-state index contributed by atoms with van der Waals surface area (Å²) in [6.07, 6.45) is 3.01. The van der Waals surface area contributed by atoms with Crippen molar-refractivity contribution in [1.29, 1.82) is 0 Å². The van der Waals surface area contributed by atoms with E-state index in [4.69, 9.17) is 9.47 Å². The number of hydrogen-bond acceptors (Lipinski definition) is 3. The van der Waals surface area contributed by atoms with Crippen molar-refractivity contribution in [1.82, 2.24) is 4.57 Å². The Kier molecular flexibility index (Phi) is 4.97. The first-order valence-corrected chi connectivity index (χ1v) is 11.8. The molecule has 1 aromatic heterocycles. The fourth-order valence-electron chi connectivity index (χ4n) is 5.57. The summed E-state index contributed by atoms with van der Waals surface area (Å²) in [6.45, 7) is 3.44. The third-order valence-corrected chi connectivity index (χ3v) is 7.10. The standard InChI is InChI=1S/C28H28N2O3/c1-18(31)30-16-19-15-22-20-9-3-5-11-24(20)29(2)28(22)23(17-33-26-13-7-8-14-32-26)27(19)21-10-4-6-12-25(21)30/h3-6,9-12,15,26H,7-8,13-14,16-17H2,1-2H3. The Balaban J connectivity index is 1.61. The minimum Gasteiger partial charge on any atom is -0.353 e. The lowest BCUT2D eigenvalue weighted by molar-refractivity contribution is -0.168. The number of ether oxygens (including phenoxy) is 2. The Morgan fingerprint density at radius 2 is 1.91 bits per heavy atom. The number of anilines is 1. The number of amides is 1. The fraction of sp³-hybridized carbons (Fsp3) is 0.321. The summed E-state index contributed by atoms with van der Waals surface area (Å²) in [5.41, 5.74) is 7.97. The lowest BCUT2D eigenvalue weighted by atomic mass is 9.87. The molecule has 0 aliphatic carbocycles. The van der Waals surface area contributed by atoms with Gasteiger partial charge in [0.2, 0.25) is 5.91 Å². The predicted octanol–water partition coefficient (Wildman–Crippen LogP) is 5.91. The molecule has 1 fully saturated rings. The first kappa shape index (κ1) is 20.5. The van der Waals surface area contributed by atoms with Crippen molar-refractivity contribution in [3.05, 3.63) is 65.7 Å². The molecule has 1 atom stereocenters. The number of rotatable bonds is 3. The minimum absolute atomic E-state index is 0.0551. The summed E-state index contributed by atoms with van der Waals surface area (Å²) >= 11 is 0. The molecule has 1 unspecified atom stereocenters. The van der Waals surface area contributed by atoms with E-state index in [-0.39, 0.29) is 12.2 Å². The van der Waals surface area contributed by atoms with E-state index >= 15 is 0 Å². The Labute approximate surface area is 193 Å². The van der Waals surface area contributed by atoms with Crippen LogP contribution in [0.1, 0.15) is 37.3 Å². The second kappa shape index (κ2) is 8.01. The molecule has 4 aromatic rings. The molecule has 0 N–H and O–H groups in total. The molecule has 5 nitrogen and oxygen atoms in total. The van der Waals surface area contributed by atoms with Crippen molar-refractivity contribution in [3.63, 3.8) is 0 Å². The smallest absolute Gasteiger partial charge is 0.224 e. The molecule has 1 saturated heterocycles. The average Bonchev–Trinajstić information content (AvgIpc) is 3.13. The van der Waals surface area contributed by atoms with Gasteiger partial charge in [0.1, 0.15) is 0 Å². The van der Waals surface area contributed by atoms with Gasteiger partial charge >= 0.3 is 0 Å². The van der Waals surface area contributed by atoms with Crippen molar-refractivity contribution in [2.45, 2.75) is 45.6 Å². The third kappa shape index (κ3) is 3.26. The Bertz CT molecular complexity index is 1380. The highest BCUT2D eigenvalue weighted by Gasteiger charge is 2.29. The van der Waals surface area contributed by atoms with Crippen molar-refractivity contribution in [2.75, 3.05) is 11.5 Å². The van der Waals surface area contributed by atoms with Crippen LogP contribution in [0.5, 0.6) is 0 Å². The summed E-state index contributed by atoms with van der Waals surface area (Å²) in [5, 5.41) is 2.43. The summed E-state index contributed by atoms with van der Waals surface area (Å²) in [6, 6.07) is 19.0. The number of carbonyl (C=O) groups is 1. The number of para-hydroxylation sites is 2. The summed E-state index contributed by atoms with van der Waals surface area (Å²) in [5.74, 6) is 0.0551. The first-order chi connectivity index (χ1) is 16.1. The molecule has 0 radical (unpaired) electrons. The third-order valence-electron chi connectivity index (χ3n) is 7.10. The SMILES string of the molecule is CC(=O)N1Cc2cc3c4ccccc4n(C)c3c(COC3CCCCO3)c2-c2ccccc21. The van der Waals surface area contributed by atoms with Crippen LogP contribution in [0, 0.1) is 0 Å². The highest BCUT2D eigenvalue weighted by Crippen LogP contribution is 2.45. The Hall–Kier alpha value is -3.15. The largest absolute Gasteiger partial charge is 0.353 e. The van der Waals surface area contributed by atoms with Gasteiger partial charge in [-0.25, -0.2) is 0 Å². The lowest BCUT2D eigenvalue weighted by Gasteiger charge is -2.32. The van der Waals surface area contributed by atoms with Gasteiger partial charge in [-0.2, -0.15) is 0 Å². The molecule has 3 heterocycles. The van der Waals surface area contributed by atoms with Gasteiger partial charge in [0.05, 0.1) is 24.4 Å². The van der Waals surface area contributed by atoms with Gasteiger partial charge in [-0.05, 0) is 48.6 Å². The van der Waals surface area contributed by atoms with Crippen LogP contribution in [0.4, 0.5) is 5.69 Å². The zero-order valence-electron chi connectivity index (χ0n) is 19.1. The average molecular weight is 441 g/mol. The molecule has 33 heavy (non-hydrogen) atoms. The van der Waals surface area contributed by atoms with Gasteiger partial charge in [0, 0.05) is 48.0 Å². The zero-order chi connectivity index (χ0) is 22.5. The molecular weight excluding hydrogens is 412 g/mol. The van der Waals surface area contributed by atoms with Crippen LogP contribution in [0.2, 0.25) is 0 Å². The number of benzene rings is 3. The number of aromatic nitrogens is 1. The lowest BCUT2D eigenvalue weighted by Crippen LogP contribution is -2.31. The Morgan fingerprint density at radius 1 is 1.09 bits per heavy atom. The summed E-state index contributed by atoms with van der Waals surface area (Å²) in [7, 11) is 2.13. The minimum atomic E-state index is -0.160. The van der Waals surface area contributed by atoms with E-state index in [1.54, 1.807) is 6.92 Å². The molecule has 2 aliphatic rings. The van der Waals surface area contributed by atoms with Crippen LogP contribution in [0.15, 0.2) is 54.6 Å². The number of nitrogens with zero attached hydrogens (tertiary/aromatic N) is 2. The fourth-order valence-corrected chi connectivity index (χ4v) is 5.57. The van der Waals surface area contributed by atoms with E-state index in [9.17, 15) is 4.79 Å². The van der Waals surface area contributed by atoms with Gasteiger partial charge in [-0.1, -0.05) is 36.4 Å². The normalized spacial score (nSPS) is 17.9. The van der Waals surface area contributed by atoms with Crippen LogP contribution >= 0.6 is 0 Å². The van der Waals surface area contributed by atoms with E-state index in [0.29, 0.717) is 13.2 Å². The van der Waals surface area contributed by atoms with Gasteiger partial charge < -0.3 is 18.9 Å². The van der Waals surface area contributed by atoms with E-state index in [1.165, 1.54) is 32.9 Å². The molecule has 1 amide bonds. The highest BCUT2D eigenvalue weighted by molar-refractivity contribution is 6.12. The van der Waals surface area contributed by atoms with Crippen LogP contribution in [0.25, 0.3) is 32.9 Å². The molecule has 0 bridgehead atoms. The first-order valence-electron chi connectivity index (χ1n) is 11.8. The van der Waals surface area contributed by atoms with E-state index < -0.39 is 0 Å². The maximum absolute atomic E-state index is 12.5. The number of hydrogen-bond donors (Lipinski definition) is 0. The maximum Gasteiger partial charge on any atom is 0.224 e. The van der Waals surface area contributed by atoms with Gasteiger partial charge in [-0.3, -0.25) is 4.79 Å². The van der Waals surface area contributed by atoms with E-state index in [0.717, 1.165) is 42.7 Å². The maximum atomic E-state index is 12.5. The van der Waals surface area contributed by atoms with Gasteiger partial charge in [-0.15, -0.1) is 0 Å². The van der Waals surface area contributed by atoms with E-state index in [2.05, 4.69) is 48.0 Å². The second-order valence-corrected chi connectivity index (χ2v) is 9.09. The topological polar surface area (TPSA) is 43.7 Å². The molecule has 0 spiro atoms. The molecule has 5 heteroatoms.